The van der Waals surface area contributed by atoms with E-state index in [0.717, 1.165) is 5.56 Å². The van der Waals surface area contributed by atoms with Gasteiger partial charge in [-0.2, -0.15) is 0 Å². The number of aliphatic hydroxyl groups excluding tert-OH is 1. The minimum Gasteiger partial charge on any atom is -0.461 e. The van der Waals surface area contributed by atoms with Crippen molar-refractivity contribution < 1.29 is 42.1 Å². The van der Waals surface area contributed by atoms with Crippen molar-refractivity contribution in [3.63, 3.8) is 0 Å². The Morgan fingerprint density at radius 3 is 2.42 bits per heavy atom. The number of hydrogen-bond donors (Lipinski definition) is 1. The number of carbonyl (C=O) groups excluding carboxylic acids is 2. The molecule has 1 aliphatic heterocycles. The molecule has 0 amide bonds. The molecule has 9 nitrogen and oxygen atoms in total. The molecule has 0 saturated carbocycles. The molecule has 10 heteroatoms. The topological polar surface area (TPSA) is 125 Å². The van der Waals surface area contributed by atoms with E-state index in [1.165, 1.54) is 30.4 Å². The first-order valence-electron chi connectivity index (χ1n) is 11.8. The van der Waals surface area contributed by atoms with Crippen molar-refractivity contribution in [2.24, 2.45) is 0 Å². The van der Waals surface area contributed by atoms with Gasteiger partial charge in [-0.1, -0.05) is 23.8 Å². The van der Waals surface area contributed by atoms with Crippen molar-refractivity contribution in [1.82, 2.24) is 0 Å². The zero-order valence-corrected chi connectivity index (χ0v) is 22.2. The predicted molar refractivity (Wildman–Crippen MR) is 133 cm³/mol. The molecule has 1 aliphatic rings. The summed E-state index contributed by atoms with van der Waals surface area (Å²) in [7, 11) is -3.57. The Hall–Kier alpha value is -2.53. The number of sulfone groups is 1. The lowest BCUT2D eigenvalue weighted by atomic mass is 10.1. The number of ether oxygens (including phenoxy) is 4. The van der Waals surface area contributed by atoms with E-state index in [2.05, 4.69) is 0 Å². The first-order chi connectivity index (χ1) is 16.8. The molecule has 1 heterocycles. The van der Waals surface area contributed by atoms with Crippen LogP contribution < -0.4 is 0 Å². The quantitative estimate of drug-likeness (QED) is 0.324. The molecule has 1 N–H and O–H groups in total. The van der Waals surface area contributed by atoms with Crippen LogP contribution in [0.2, 0.25) is 0 Å². The highest BCUT2D eigenvalue weighted by atomic mass is 32.2. The molecule has 0 radical (unpaired) electrons. The zero-order valence-electron chi connectivity index (χ0n) is 21.4. The molecule has 1 saturated heterocycles. The summed E-state index contributed by atoms with van der Waals surface area (Å²) in [5.41, 5.74) is 0.946. The third-order valence-corrected chi connectivity index (χ3v) is 6.93. The van der Waals surface area contributed by atoms with Crippen LogP contribution in [0.5, 0.6) is 0 Å². The number of aliphatic hydroxyl groups is 1. The highest BCUT2D eigenvalue weighted by Crippen LogP contribution is 2.31. The second kappa shape index (κ2) is 13.1. The molecule has 0 aliphatic carbocycles. The molecular weight excluding hydrogens is 488 g/mol. The summed E-state index contributed by atoms with van der Waals surface area (Å²) in [6.45, 7) is 8.38. The van der Waals surface area contributed by atoms with Crippen molar-refractivity contribution in [2.75, 3.05) is 12.4 Å². The maximum Gasteiger partial charge on any atom is 0.330 e. The molecule has 0 bridgehead atoms. The smallest absolute Gasteiger partial charge is 0.330 e. The van der Waals surface area contributed by atoms with Gasteiger partial charge in [-0.25, -0.2) is 18.0 Å². The highest BCUT2D eigenvalue weighted by Gasteiger charge is 2.41. The van der Waals surface area contributed by atoms with Crippen LogP contribution >= 0.6 is 0 Å². The number of aryl methyl sites for hydroxylation is 1. The van der Waals surface area contributed by atoms with E-state index in [4.69, 9.17) is 18.9 Å². The Kier molecular flexibility index (Phi) is 10.8. The van der Waals surface area contributed by atoms with Gasteiger partial charge in [-0.3, -0.25) is 0 Å². The second-order valence-electron chi connectivity index (χ2n) is 9.27. The summed E-state index contributed by atoms with van der Waals surface area (Å²) in [6, 6.07) is 6.46. The van der Waals surface area contributed by atoms with E-state index in [1.807, 2.05) is 6.92 Å². The highest BCUT2D eigenvalue weighted by molar-refractivity contribution is 7.91. The van der Waals surface area contributed by atoms with Gasteiger partial charge in [0.2, 0.25) is 0 Å². The van der Waals surface area contributed by atoms with Crippen LogP contribution in [-0.2, 0) is 38.4 Å². The van der Waals surface area contributed by atoms with Crippen molar-refractivity contribution >= 4 is 21.8 Å². The molecule has 36 heavy (non-hydrogen) atoms. The van der Waals surface area contributed by atoms with E-state index in [9.17, 15) is 23.1 Å². The van der Waals surface area contributed by atoms with Crippen LogP contribution in [0.3, 0.4) is 0 Å². The SMILES string of the molecule is Cc1ccc(S(=O)(=O)CCOC(=O)/C=C/[C@H]2OC(C)(C)O[C@@H]2C[C@@H](C)OC(=O)/C=C/C[C@H](C)O)cc1. The second-order valence-corrected chi connectivity index (χ2v) is 11.4. The molecule has 1 aromatic rings. The summed E-state index contributed by atoms with van der Waals surface area (Å²) in [5.74, 6) is -2.48. The predicted octanol–water partition coefficient (Wildman–Crippen LogP) is 3.04. The largest absolute Gasteiger partial charge is 0.461 e. The van der Waals surface area contributed by atoms with Gasteiger partial charge in [0.1, 0.15) is 18.8 Å². The fourth-order valence-corrected chi connectivity index (χ4v) is 4.61. The first-order valence-corrected chi connectivity index (χ1v) is 13.5. The lowest BCUT2D eigenvalue weighted by molar-refractivity contribution is -0.151. The Bertz CT molecular complexity index is 1040. The van der Waals surface area contributed by atoms with E-state index in [1.54, 1.807) is 45.9 Å². The van der Waals surface area contributed by atoms with Gasteiger partial charge in [-0.15, -0.1) is 0 Å². The molecule has 1 aromatic carbocycles. The molecule has 0 spiro atoms. The summed E-state index contributed by atoms with van der Waals surface area (Å²) >= 11 is 0. The molecular formula is C26H36O9S. The van der Waals surface area contributed by atoms with E-state index < -0.39 is 52.0 Å². The van der Waals surface area contributed by atoms with Crippen molar-refractivity contribution in [3.05, 3.63) is 54.1 Å². The average Bonchev–Trinajstić information content (AvgIpc) is 3.04. The molecule has 0 unspecified atom stereocenters. The number of hydrogen-bond acceptors (Lipinski definition) is 9. The van der Waals surface area contributed by atoms with E-state index >= 15 is 0 Å². The fraction of sp³-hybridized carbons (Fsp3) is 0.538. The van der Waals surface area contributed by atoms with Crippen LogP contribution in [0.1, 0.15) is 46.1 Å². The molecule has 1 fully saturated rings. The fourth-order valence-electron chi connectivity index (χ4n) is 3.52. The monoisotopic (exact) mass is 524 g/mol. The number of carbonyl (C=O) groups is 2. The minimum atomic E-state index is -3.57. The standard InChI is InChI=1S/C26H36O9S/c1-18-9-11-21(12-10-18)36(30,31)16-15-32-24(28)14-13-22-23(35-26(4,5)34-22)17-20(3)33-25(29)8-6-7-19(2)27/h6,8-14,19-20,22-23,27H,7,15-17H2,1-5H3/b8-6+,14-13+/t19-,20+,22+,23+/m0/s1. The maximum atomic E-state index is 12.4. The van der Waals surface area contributed by atoms with Crippen molar-refractivity contribution in [3.8, 4) is 0 Å². The van der Waals surface area contributed by atoms with Crippen LogP contribution in [-0.4, -0.2) is 68.0 Å². The van der Waals surface area contributed by atoms with Crippen LogP contribution in [0.4, 0.5) is 0 Å². The van der Waals surface area contributed by atoms with Crippen molar-refractivity contribution in [2.45, 2.75) is 82.6 Å². The maximum absolute atomic E-state index is 12.4. The Morgan fingerprint density at radius 1 is 1.11 bits per heavy atom. The summed E-state index contributed by atoms with van der Waals surface area (Å²) in [6.07, 6.45) is 4.01. The van der Waals surface area contributed by atoms with Crippen molar-refractivity contribution in [1.29, 1.82) is 0 Å². The Balaban J connectivity index is 1.87. The minimum absolute atomic E-state index is 0.175. The molecule has 0 aromatic heterocycles. The number of rotatable bonds is 12. The zero-order chi connectivity index (χ0) is 26.9. The first kappa shape index (κ1) is 29.7. The number of benzene rings is 1. The molecule has 4 atom stereocenters. The molecule has 200 valence electrons. The summed E-state index contributed by atoms with van der Waals surface area (Å²) < 4.78 is 46.9. The lowest BCUT2D eigenvalue weighted by Crippen LogP contribution is -2.28. The van der Waals surface area contributed by atoms with E-state index in [-0.39, 0.29) is 17.3 Å². The average molecular weight is 525 g/mol. The van der Waals surface area contributed by atoms with Gasteiger partial charge in [0, 0.05) is 18.6 Å². The third kappa shape index (κ3) is 10.2. The van der Waals surface area contributed by atoms with Gasteiger partial charge in [0.25, 0.3) is 0 Å². The van der Waals surface area contributed by atoms with E-state index in [0.29, 0.717) is 12.8 Å². The van der Waals surface area contributed by atoms with Gasteiger partial charge in [0.05, 0.1) is 22.9 Å². The van der Waals surface area contributed by atoms with Gasteiger partial charge in [0.15, 0.2) is 15.6 Å². The van der Waals surface area contributed by atoms with Crippen LogP contribution in [0, 0.1) is 6.92 Å². The van der Waals surface area contributed by atoms with Gasteiger partial charge in [-0.05, 0) is 59.2 Å². The van der Waals surface area contributed by atoms with Crippen LogP contribution in [0.25, 0.3) is 0 Å². The Labute approximate surface area is 213 Å². The number of esters is 2. The third-order valence-electron chi connectivity index (χ3n) is 5.23. The van der Waals surface area contributed by atoms with Gasteiger partial charge < -0.3 is 24.1 Å². The normalized spacial score (nSPS) is 21.5. The molecule has 2 rings (SSSR count). The summed E-state index contributed by atoms with van der Waals surface area (Å²) in [5, 5.41) is 9.24. The lowest BCUT2D eigenvalue weighted by Gasteiger charge is -2.19. The van der Waals surface area contributed by atoms with Crippen LogP contribution in [0.15, 0.2) is 53.5 Å². The Morgan fingerprint density at radius 2 is 1.78 bits per heavy atom. The van der Waals surface area contributed by atoms with Gasteiger partial charge >= 0.3 is 11.9 Å². The summed E-state index contributed by atoms with van der Waals surface area (Å²) in [4.78, 5) is 24.3.